The topological polar surface area (TPSA) is 116 Å². The number of carbonyl (C=O) groups excluding carboxylic acids is 1. The number of hydrogen-bond donors (Lipinski definition) is 2. The maximum absolute atomic E-state index is 13.4. The lowest BCUT2D eigenvalue weighted by molar-refractivity contribution is -0.118. The normalized spacial score (nSPS) is 20.2. The molecule has 0 radical (unpaired) electrons. The lowest BCUT2D eigenvalue weighted by atomic mass is 9.69. The van der Waals surface area contributed by atoms with Gasteiger partial charge in [-0.2, -0.15) is 5.26 Å². The van der Waals surface area contributed by atoms with Gasteiger partial charge < -0.3 is 10.8 Å². The number of ketones is 1. The van der Waals surface area contributed by atoms with Gasteiger partial charge in [0.1, 0.15) is 11.6 Å². The molecule has 0 saturated carbocycles. The molecule has 2 aromatic rings. The molecule has 2 aliphatic rings. The van der Waals surface area contributed by atoms with Crippen molar-refractivity contribution in [2.24, 2.45) is 11.1 Å². The monoisotopic (exact) mass is 465 g/mol. The van der Waals surface area contributed by atoms with Gasteiger partial charge in [0.05, 0.1) is 17.6 Å². The fraction of sp³-hybridized carbons (Fsp3) is 0.304. The summed E-state index contributed by atoms with van der Waals surface area (Å²) in [6, 6.07) is 8.80. The standard InChI is InChI=1S/C23H23N5O2S2/c1-4-9-31-22-27-26-21(32-22)28-16-10-23(2,3)11-17(30)19(16)18(15(12-24)20(28)25)13-5-7-14(29)8-6-13/h4-8,18,29H,1,9-11,25H2,2-3H3. The molecule has 7 nitrogen and oxygen atoms in total. The SMILES string of the molecule is C=CCSc1nnc(N2C(N)=C(C#N)C(c3ccc(O)cc3)C3=C2CC(C)(C)CC3=O)s1. The van der Waals surface area contributed by atoms with Crippen molar-refractivity contribution in [3.8, 4) is 11.8 Å². The third-order valence-corrected chi connectivity index (χ3v) is 7.56. The number of nitrogens with two attached hydrogens (primary N) is 1. The molecular weight excluding hydrogens is 442 g/mol. The molecule has 32 heavy (non-hydrogen) atoms. The van der Waals surface area contributed by atoms with Crippen LogP contribution in [0.25, 0.3) is 0 Å². The van der Waals surface area contributed by atoms with Gasteiger partial charge in [0.2, 0.25) is 5.13 Å². The van der Waals surface area contributed by atoms with Crippen LogP contribution in [0.2, 0.25) is 0 Å². The Kier molecular flexibility index (Phi) is 5.84. The van der Waals surface area contributed by atoms with Gasteiger partial charge in [-0.1, -0.05) is 55.2 Å². The fourth-order valence-corrected chi connectivity index (χ4v) is 5.85. The minimum absolute atomic E-state index is 0.00894. The Morgan fingerprint density at radius 1 is 1.38 bits per heavy atom. The molecule has 0 saturated heterocycles. The largest absolute Gasteiger partial charge is 0.508 e. The van der Waals surface area contributed by atoms with Gasteiger partial charge >= 0.3 is 0 Å². The maximum atomic E-state index is 13.4. The Hall–Kier alpha value is -3.09. The highest BCUT2D eigenvalue weighted by Gasteiger charge is 2.45. The maximum Gasteiger partial charge on any atom is 0.219 e. The number of nitriles is 1. The Balaban J connectivity index is 1.91. The molecule has 1 atom stereocenters. The molecule has 1 unspecified atom stereocenters. The quantitative estimate of drug-likeness (QED) is 0.491. The van der Waals surface area contributed by atoms with Gasteiger partial charge in [0.25, 0.3) is 0 Å². The van der Waals surface area contributed by atoms with E-state index < -0.39 is 5.92 Å². The number of allylic oxidation sites excluding steroid dienone is 3. The van der Waals surface area contributed by atoms with E-state index in [2.05, 4.69) is 22.8 Å². The van der Waals surface area contributed by atoms with Crippen molar-refractivity contribution in [1.29, 1.82) is 5.26 Å². The molecule has 0 bridgehead atoms. The number of nitrogens with zero attached hydrogens (tertiary/aromatic N) is 4. The fourth-order valence-electron chi connectivity index (χ4n) is 4.21. The van der Waals surface area contributed by atoms with E-state index >= 15 is 0 Å². The van der Waals surface area contributed by atoms with Crippen LogP contribution in [0.4, 0.5) is 5.13 Å². The van der Waals surface area contributed by atoms with Crippen LogP contribution in [-0.4, -0.2) is 26.8 Å². The minimum atomic E-state index is -0.585. The number of anilines is 1. The number of rotatable bonds is 5. The van der Waals surface area contributed by atoms with Crippen LogP contribution in [0.15, 0.2) is 63.9 Å². The Morgan fingerprint density at radius 2 is 2.09 bits per heavy atom. The zero-order chi connectivity index (χ0) is 23.0. The predicted molar refractivity (Wildman–Crippen MR) is 126 cm³/mol. The van der Waals surface area contributed by atoms with E-state index in [-0.39, 0.29) is 28.3 Å². The number of carbonyl (C=O) groups is 1. The first-order valence-electron chi connectivity index (χ1n) is 10.1. The van der Waals surface area contributed by atoms with E-state index in [0.717, 1.165) is 15.6 Å². The average Bonchev–Trinajstić information content (AvgIpc) is 3.19. The summed E-state index contributed by atoms with van der Waals surface area (Å²) in [6.07, 6.45) is 2.78. The molecule has 1 aliphatic carbocycles. The molecule has 0 fully saturated rings. The molecule has 3 N–H and O–H groups in total. The second-order valence-electron chi connectivity index (χ2n) is 8.52. The smallest absolute Gasteiger partial charge is 0.219 e. The van der Waals surface area contributed by atoms with Crippen LogP contribution in [-0.2, 0) is 4.79 Å². The average molecular weight is 466 g/mol. The van der Waals surface area contributed by atoms with E-state index in [1.54, 1.807) is 35.2 Å². The number of hydrogen-bond acceptors (Lipinski definition) is 9. The van der Waals surface area contributed by atoms with Crippen molar-refractivity contribution in [3.05, 3.63) is 65.1 Å². The van der Waals surface area contributed by atoms with Gasteiger partial charge in [0.15, 0.2) is 10.1 Å². The van der Waals surface area contributed by atoms with Crippen molar-refractivity contribution in [2.45, 2.75) is 36.9 Å². The van der Waals surface area contributed by atoms with Crippen molar-refractivity contribution in [1.82, 2.24) is 10.2 Å². The summed E-state index contributed by atoms with van der Waals surface area (Å²) in [4.78, 5) is 15.2. The Labute approximate surface area is 195 Å². The van der Waals surface area contributed by atoms with Gasteiger partial charge in [-0.05, 0) is 29.5 Å². The molecule has 0 spiro atoms. The van der Waals surface area contributed by atoms with Crippen LogP contribution in [0.5, 0.6) is 5.75 Å². The van der Waals surface area contributed by atoms with Crippen LogP contribution in [0, 0.1) is 16.7 Å². The summed E-state index contributed by atoms with van der Waals surface area (Å²) in [6.45, 7) is 7.83. The van der Waals surface area contributed by atoms with Crippen molar-refractivity contribution < 1.29 is 9.90 Å². The number of thioether (sulfide) groups is 1. The molecule has 164 valence electrons. The van der Waals surface area contributed by atoms with E-state index in [0.29, 0.717) is 29.3 Å². The molecular formula is C23H23N5O2S2. The number of phenols is 1. The van der Waals surface area contributed by atoms with Crippen LogP contribution in [0.3, 0.4) is 0 Å². The van der Waals surface area contributed by atoms with E-state index in [9.17, 15) is 15.2 Å². The summed E-state index contributed by atoms with van der Waals surface area (Å²) < 4.78 is 0.760. The number of aromatic nitrogens is 2. The molecule has 1 aromatic carbocycles. The molecule has 2 heterocycles. The number of Topliss-reactive ketones (excluding diaryl/α,β-unsaturated/α-hetero) is 1. The summed E-state index contributed by atoms with van der Waals surface area (Å²) in [5.74, 6) is 0.478. The highest BCUT2D eigenvalue weighted by atomic mass is 32.2. The van der Waals surface area contributed by atoms with E-state index in [4.69, 9.17) is 5.73 Å². The Bertz CT molecular complexity index is 1190. The van der Waals surface area contributed by atoms with E-state index in [1.165, 1.54) is 23.1 Å². The summed E-state index contributed by atoms with van der Waals surface area (Å²) in [5.41, 5.74) is 8.67. The minimum Gasteiger partial charge on any atom is -0.508 e. The lowest BCUT2D eigenvalue weighted by Gasteiger charge is -2.42. The molecule has 1 aliphatic heterocycles. The van der Waals surface area contributed by atoms with Gasteiger partial charge in [0, 0.05) is 23.4 Å². The first-order valence-corrected chi connectivity index (χ1v) is 11.9. The van der Waals surface area contributed by atoms with Crippen molar-refractivity contribution in [3.63, 3.8) is 0 Å². The number of phenolic OH excluding ortho intramolecular Hbond substituents is 1. The highest BCUT2D eigenvalue weighted by Crippen LogP contribution is 2.50. The third-order valence-electron chi connectivity index (χ3n) is 5.52. The predicted octanol–water partition coefficient (Wildman–Crippen LogP) is 4.46. The molecule has 9 heteroatoms. The number of aromatic hydroxyl groups is 1. The van der Waals surface area contributed by atoms with Gasteiger partial charge in [-0.15, -0.1) is 16.8 Å². The van der Waals surface area contributed by atoms with Gasteiger partial charge in [-0.3, -0.25) is 9.69 Å². The number of benzene rings is 1. The second-order valence-corrected chi connectivity index (χ2v) is 10.7. The first-order chi connectivity index (χ1) is 15.3. The second kappa shape index (κ2) is 8.45. The molecule has 1 aromatic heterocycles. The van der Waals surface area contributed by atoms with Crippen LogP contribution >= 0.6 is 23.1 Å². The molecule has 4 rings (SSSR count). The first kappa shape index (κ1) is 22.1. The van der Waals surface area contributed by atoms with Crippen molar-refractivity contribution >= 4 is 34.0 Å². The third kappa shape index (κ3) is 3.92. The van der Waals surface area contributed by atoms with Gasteiger partial charge in [-0.25, -0.2) is 0 Å². The zero-order valence-electron chi connectivity index (χ0n) is 17.8. The summed E-state index contributed by atoms with van der Waals surface area (Å²) >= 11 is 2.88. The van der Waals surface area contributed by atoms with E-state index in [1.807, 2.05) is 13.8 Å². The summed E-state index contributed by atoms with van der Waals surface area (Å²) in [7, 11) is 0. The zero-order valence-corrected chi connectivity index (χ0v) is 19.5. The van der Waals surface area contributed by atoms with Crippen molar-refractivity contribution in [2.75, 3.05) is 10.7 Å². The van der Waals surface area contributed by atoms with Crippen LogP contribution in [0.1, 0.15) is 38.2 Å². The van der Waals surface area contributed by atoms with Crippen LogP contribution < -0.4 is 10.6 Å². The lowest BCUT2D eigenvalue weighted by Crippen LogP contribution is -2.42. The summed E-state index contributed by atoms with van der Waals surface area (Å²) in [5, 5.41) is 28.9. The highest BCUT2D eigenvalue weighted by molar-refractivity contribution is 8.01. The Morgan fingerprint density at radius 3 is 2.75 bits per heavy atom. The molecule has 0 amide bonds.